The Hall–Kier alpha value is 0.0249. The predicted molar refractivity (Wildman–Crippen MR) is 43.5 cm³/mol. The maximum Gasteiger partial charge on any atom is 0.162 e. The first kappa shape index (κ1) is 5.65. The lowest BCUT2D eigenvalue weighted by Crippen LogP contribution is -2.35. The van der Waals surface area contributed by atoms with E-state index in [2.05, 4.69) is 11.8 Å². The normalized spacial score (nSPS) is 55.5. The second-order valence-electron chi connectivity index (χ2n) is 4.22. The Morgan fingerprint density at radius 1 is 1.60 bits per heavy atom. The molecule has 0 aromatic heterocycles. The molecule has 54 valence electrons. The molecular formula is C8H14BN. The summed E-state index contributed by atoms with van der Waals surface area (Å²) in [7, 11) is 0. The van der Waals surface area contributed by atoms with Crippen LogP contribution in [0.2, 0.25) is 12.1 Å². The Morgan fingerprint density at radius 3 is 3.00 bits per heavy atom. The minimum Gasteiger partial charge on any atom is -0.306 e. The van der Waals surface area contributed by atoms with Gasteiger partial charge in [-0.1, -0.05) is 13.2 Å². The molecule has 4 heterocycles. The van der Waals surface area contributed by atoms with E-state index in [1.807, 2.05) is 0 Å². The SMILES string of the molecule is CCC1CC2B3CC2N1C3. The molecule has 0 spiro atoms. The fourth-order valence-corrected chi connectivity index (χ4v) is 3.40. The Morgan fingerprint density at radius 2 is 2.50 bits per heavy atom. The first-order valence-corrected chi connectivity index (χ1v) is 4.66. The van der Waals surface area contributed by atoms with Gasteiger partial charge in [0.15, 0.2) is 6.71 Å². The zero-order valence-electron chi connectivity index (χ0n) is 6.59. The zero-order chi connectivity index (χ0) is 6.72. The second-order valence-corrected chi connectivity index (χ2v) is 4.22. The van der Waals surface area contributed by atoms with E-state index in [9.17, 15) is 0 Å². The third-order valence-corrected chi connectivity index (χ3v) is 4.00. The lowest BCUT2D eigenvalue weighted by atomic mass is 9.30. The number of hydrogen-bond acceptors (Lipinski definition) is 1. The van der Waals surface area contributed by atoms with Gasteiger partial charge in [0.1, 0.15) is 0 Å². The summed E-state index contributed by atoms with van der Waals surface area (Å²) in [4.78, 5) is 2.77. The van der Waals surface area contributed by atoms with E-state index in [-0.39, 0.29) is 0 Å². The minimum atomic E-state index is 0.980. The molecule has 0 radical (unpaired) electrons. The number of rotatable bonds is 1. The van der Waals surface area contributed by atoms with Gasteiger partial charge in [0.2, 0.25) is 0 Å². The summed E-state index contributed by atoms with van der Waals surface area (Å²) < 4.78 is 0. The summed E-state index contributed by atoms with van der Waals surface area (Å²) in [6, 6.07) is 2.03. The quantitative estimate of drug-likeness (QED) is 0.489. The fraction of sp³-hybridized carbons (Fsp3) is 1.00. The molecule has 4 aliphatic heterocycles. The van der Waals surface area contributed by atoms with Crippen LogP contribution >= 0.6 is 0 Å². The summed E-state index contributed by atoms with van der Waals surface area (Å²) in [6.07, 6.45) is 5.92. The summed E-state index contributed by atoms with van der Waals surface area (Å²) in [5.41, 5.74) is 0. The van der Waals surface area contributed by atoms with Crippen molar-refractivity contribution in [3.63, 3.8) is 0 Å². The van der Waals surface area contributed by atoms with Crippen molar-refractivity contribution in [3.8, 4) is 0 Å². The highest BCUT2D eigenvalue weighted by Gasteiger charge is 2.60. The van der Waals surface area contributed by atoms with Crippen LogP contribution in [0, 0.1) is 0 Å². The maximum atomic E-state index is 2.77. The molecule has 4 fully saturated rings. The van der Waals surface area contributed by atoms with Crippen LogP contribution < -0.4 is 0 Å². The molecule has 4 aliphatic rings. The van der Waals surface area contributed by atoms with Crippen LogP contribution in [0.15, 0.2) is 0 Å². The van der Waals surface area contributed by atoms with E-state index < -0.39 is 0 Å². The van der Waals surface area contributed by atoms with Crippen LogP contribution in [-0.2, 0) is 0 Å². The molecule has 10 heavy (non-hydrogen) atoms. The zero-order valence-corrected chi connectivity index (χ0v) is 6.59. The molecule has 0 aliphatic carbocycles. The van der Waals surface area contributed by atoms with E-state index in [1.54, 1.807) is 6.32 Å². The lowest BCUT2D eigenvalue weighted by Gasteiger charge is -2.28. The lowest BCUT2D eigenvalue weighted by molar-refractivity contribution is 0.255. The van der Waals surface area contributed by atoms with Gasteiger partial charge in [0.05, 0.1) is 0 Å². The van der Waals surface area contributed by atoms with Gasteiger partial charge >= 0.3 is 0 Å². The van der Waals surface area contributed by atoms with Gasteiger partial charge in [-0.2, -0.15) is 0 Å². The van der Waals surface area contributed by atoms with Gasteiger partial charge in [-0.15, -0.1) is 0 Å². The smallest absolute Gasteiger partial charge is 0.162 e. The van der Waals surface area contributed by atoms with Gasteiger partial charge in [0, 0.05) is 6.04 Å². The molecule has 0 saturated carbocycles. The monoisotopic (exact) mass is 135 g/mol. The van der Waals surface area contributed by atoms with Gasteiger partial charge in [-0.05, 0) is 31.1 Å². The van der Waals surface area contributed by atoms with Crippen LogP contribution in [0.1, 0.15) is 19.8 Å². The van der Waals surface area contributed by atoms with Crippen molar-refractivity contribution >= 4 is 6.71 Å². The maximum absolute atomic E-state index is 2.77. The number of nitrogens with zero attached hydrogens (tertiary/aromatic N) is 1. The minimum absolute atomic E-state index is 0.980. The standard InChI is InChI=1S/C8H14BN/c1-2-6-3-7-8-4-9(7)5-10(6)8/h6-8H,2-5H2,1H3. The largest absolute Gasteiger partial charge is 0.306 e. The van der Waals surface area contributed by atoms with Gasteiger partial charge in [-0.3, -0.25) is 0 Å². The van der Waals surface area contributed by atoms with E-state index >= 15 is 0 Å². The van der Waals surface area contributed by atoms with Crippen molar-refractivity contribution in [1.82, 2.24) is 4.90 Å². The highest BCUT2D eigenvalue weighted by Crippen LogP contribution is 2.55. The van der Waals surface area contributed by atoms with Crippen LogP contribution in [0.5, 0.6) is 0 Å². The molecule has 4 rings (SSSR count). The van der Waals surface area contributed by atoms with Crippen LogP contribution in [-0.4, -0.2) is 30.1 Å². The Labute approximate surface area is 62.9 Å². The van der Waals surface area contributed by atoms with E-state index in [0.29, 0.717) is 0 Å². The predicted octanol–water partition coefficient (Wildman–Crippen LogP) is 1.27. The molecule has 4 bridgehead atoms. The number of hydrogen-bond donors (Lipinski definition) is 0. The molecule has 4 saturated heterocycles. The molecule has 0 aromatic rings. The third-order valence-electron chi connectivity index (χ3n) is 4.00. The third kappa shape index (κ3) is 0.439. The molecular weight excluding hydrogens is 121 g/mol. The summed E-state index contributed by atoms with van der Waals surface area (Å²) >= 11 is 0. The highest BCUT2D eigenvalue weighted by molar-refractivity contribution is 6.66. The molecule has 1 nitrogen and oxygen atoms in total. The first-order chi connectivity index (χ1) is 4.90. The Bertz CT molecular complexity index is 171. The molecule has 4 atom stereocenters. The molecule has 0 amide bonds. The highest BCUT2D eigenvalue weighted by atomic mass is 15.2. The van der Waals surface area contributed by atoms with Gasteiger partial charge in [-0.25, -0.2) is 0 Å². The summed E-state index contributed by atoms with van der Waals surface area (Å²) in [6.45, 7) is 3.47. The van der Waals surface area contributed by atoms with Gasteiger partial charge in [0.25, 0.3) is 0 Å². The Kier molecular flexibility index (Phi) is 0.907. The van der Waals surface area contributed by atoms with Crippen molar-refractivity contribution in [2.24, 2.45) is 0 Å². The molecule has 0 N–H and O–H groups in total. The summed E-state index contributed by atoms with van der Waals surface area (Å²) in [5, 5.41) is 0. The second kappa shape index (κ2) is 1.61. The molecule has 0 aromatic carbocycles. The fourth-order valence-electron chi connectivity index (χ4n) is 3.40. The first-order valence-electron chi connectivity index (χ1n) is 4.66. The van der Waals surface area contributed by atoms with Crippen LogP contribution in [0.3, 0.4) is 0 Å². The van der Waals surface area contributed by atoms with Crippen LogP contribution in [0.25, 0.3) is 0 Å². The Balaban J connectivity index is 1.87. The molecule has 4 unspecified atom stereocenters. The van der Waals surface area contributed by atoms with Crippen molar-refractivity contribution in [2.45, 2.75) is 44.0 Å². The molecule has 2 heteroatoms. The van der Waals surface area contributed by atoms with E-state index in [1.165, 1.54) is 19.3 Å². The van der Waals surface area contributed by atoms with Crippen LogP contribution in [0.4, 0.5) is 0 Å². The average Bonchev–Trinajstić information content (AvgIpc) is 2.50. The van der Waals surface area contributed by atoms with Crippen molar-refractivity contribution in [3.05, 3.63) is 0 Å². The topological polar surface area (TPSA) is 3.24 Å². The van der Waals surface area contributed by atoms with E-state index in [4.69, 9.17) is 0 Å². The van der Waals surface area contributed by atoms with E-state index in [0.717, 1.165) is 24.6 Å². The van der Waals surface area contributed by atoms with Crippen molar-refractivity contribution < 1.29 is 0 Å². The van der Waals surface area contributed by atoms with Crippen molar-refractivity contribution in [1.29, 1.82) is 0 Å². The van der Waals surface area contributed by atoms with Crippen molar-refractivity contribution in [2.75, 3.05) is 6.44 Å². The average molecular weight is 135 g/mol. The van der Waals surface area contributed by atoms with Gasteiger partial charge < -0.3 is 4.90 Å². The summed E-state index contributed by atoms with van der Waals surface area (Å²) in [5.74, 6) is 1.14.